The fourth-order valence-corrected chi connectivity index (χ4v) is 4.15. The Bertz CT molecular complexity index is 524. The standard InChI is InChI=1S/C19H25N/c1-2-6-17-14-19-12-15(7-10-20-8-3-4-9-20)11-18(19)13-16(17)5-1/h5,12,14H,1-4,6-11,13H2. The van der Waals surface area contributed by atoms with E-state index in [0.717, 1.165) is 0 Å². The fourth-order valence-electron chi connectivity index (χ4n) is 4.15. The number of allylic oxidation sites excluding steroid dienone is 7. The Labute approximate surface area is 122 Å². The van der Waals surface area contributed by atoms with Crippen molar-refractivity contribution in [1.29, 1.82) is 0 Å². The minimum absolute atomic E-state index is 1.24. The van der Waals surface area contributed by atoms with Crippen LogP contribution in [0, 0.1) is 0 Å². The molecule has 0 aromatic rings. The van der Waals surface area contributed by atoms with Crippen molar-refractivity contribution < 1.29 is 0 Å². The molecule has 4 rings (SSSR count). The van der Waals surface area contributed by atoms with Gasteiger partial charge in [0.1, 0.15) is 0 Å². The maximum absolute atomic E-state index is 2.64. The Kier molecular flexibility index (Phi) is 3.39. The first-order valence-electron chi connectivity index (χ1n) is 8.42. The van der Waals surface area contributed by atoms with Crippen LogP contribution in [0.25, 0.3) is 0 Å². The summed E-state index contributed by atoms with van der Waals surface area (Å²) in [7, 11) is 0. The van der Waals surface area contributed by atoms with E-state index in [1.807, 2.05) is 0 Å². The third-order valence-corrected chi connectivity index (χ3v) is 5.34. The lowest BCUT2D eigenvalue weighted by Crippen LogP contribution is -2.20. The zero-order valence-electron chi connectivity index (χ0n) is 12.5. The lowest BCUT2D eigenvalue weighted by atomic mass is 9.83. The van der Waals surface area contributed by atoms with Gasteiger partial charge in [-0.3, -0.25) is 0 Å². The van der Waals surface area contributed by atoms with E-state index in [4.69, 9.17) is 0 Å². The SMILES string of the molecule is C1=C(CCN2CCCC2)CC2=C1C=C1CCCC=C1C2. The number of fused-ring (bicyclic) bond motifs is 1. The first-order valence-corrected chi connectivity index (χ1v) is 8.42. The maximum Gasteiger partial charge on any atom is 0.00188 e. The number of hydrogen-bond donors (Lipinski definition) is 0. The van der Waals surface area contributed by atoms with E-state index in [2.05, 4.69) is 23.1 Å². The average molecular weight is 267 g/mol. The van der Waals surface area contributed by atoms with Crippen molar-refractivity contribution in [3.8, 4) is 0 Å². The van der Waals surface area contributed by atoms with E-state index in [-0.39, 0.29) is 0 Å². The van der Waals surface area contributed by atoms with Gasteiger partial charge in [0.15, 0.2) is 0 Å². The molecule has 1 heteroatoms. The highest BCUT2D eigenvalue weighted by atomic mass is 15.1. The van der Waals surface area contributed by atoms with Crippen LogP contribution in [0.15, 0.2) is 46.1 Å². The van der Waals surface area contributed by atoms with Gasteiger partial charge in [-0.05, 0) is 81.2 Å². The predicted octanol–water partition coefficient (Wildman–Crippen LogP) is 4.54. The monoisotopic (exact) mass is 267 g/mol. The van der Waals surface area contributed by atoms with Crippen LogP contribution in [0.3, 0.4) is 0 Å². The zero-order valence-corrected chi connectivity index (χ0v) is 12.5. The van der Waals surface area contributed by atoms with E-state index >= 15 is 0 Å². The second-order valence-electron chi connectivity index (χ2n) is 6.80. The van der Waals surface area contributed by atoms with Gasteiger partial charge in [-0.2, -0.15) is 0 Å². The summed E-state index contributed by atoms with van der Waals surface area (Å²) in [6, 6.07) is 0. The predicted molar refractivity (Wildman–Crippen MR) is 84.7 cm³/mol. The highest BCUT2D eigenvalue weighted by molar-refractivity contribution is 5.56. The van der Waals surface area contributed by atoms with Crippen LogP contribution in [0.4, 0.5) is 0 Å². The number of likely N-dealkylation sites (tertiary alicyclic amines) is 1. The molecule has 3 aliphatic carbocycles. The van der Waals surface area contributed by atoms with Crippen molar-refractivity contribution in [2.75, 3.05) is 19.6 Å². The minimum atomic E-state index is 1.24. The largest absolute Gasteiger partial charge is 0.303 e. The Hall–Kier alpha value is -1.08. The van der Waals surface area contributed by atoms with Crippen molar-refractivity contribution in [3.05, 3.63) is 46.1 Å². The molecule has 0 bridgehead atoms. The van der Waals surface area contributed by atoms with Crippen LogP contribution < -0.4 is 0 Å². The molecule has 4 aliphatic rings. The summed E-state index contributed by atoms with van der Waals surface area (Å²) in [6.45, 7) is 3.94. The van der Waals surface area contributed by atoms with E-state index in [0.29, 0.717) is 0 Å². The highest BCUT2D eigenvalue weighted by Gasteiger charge is 2.23. The Morgan fingerprint density at radius 2 is 1.85 bits per heavy atom. The summed E-state index contributed by atoms with van der Waals surface area (Å²) in [6.07, 6.45) is 18.0. The molecule has 1 heterocycles. The fraction of sp³-hybridized carbons (Fsp3) is 0.579. The van der Waals surface area contributed by atoms with Gasteiger partial charge in [-0.15, -0.1) is 0 Å². The van der Waals surface area contributed by atoms with Gasteiger partial charge in [0.2, 0.25) is 0 Å². The third-order valence-electron chi connectivity index (χ3n) is 5.34. The molecule has 1 nitrogen and oxygen atoms in total. The van der Waals surface area contributed by atoms with Crippen molar-refractivity contribution >= 4 is 0 Å². The molecule has 0 atom stereocenters. The maximum atomic E-state index is 2.64. The Morgan fingerprint density at radius 1 is 0.950 bits per heavy atom. The third kappa shape index (κ3) is 2.44. The highest BCUT2D eigenvalue weighted by Crippen LogP contribution is 2.41. The van der Waals surface area contributed by atoms with Crippen molar-refractivity contribution in [1.82, 2.24) is 4.90 Å². The minimum Gasteiger partial charge on any atom is -0.303 e. The van der Waals surface area contributed by atoms with Crippen LogP contribution in [-0.2, 0) is 0 Å². The molecule has 106 valence electrons. The van der Waals surface area contributed by atoms with E-state index in [9.17, 15) is 0 Å². The van der Waals surface area contributed by atoms with Crippen LogP contribution in [0.2, 0.25) is 0 Å². The molecule has 0 aromatic heterocycles. The second-order valence-corrected chi connectivity index (χ2v) is 6.80. The van der Waals surface area contributed by atoms with Gasteiger partial charge in [0.05, 0.1) is 0 Å². The van der Waals surface area contributed by atoms with Gasteiger partial charge in [-0.25, -0.2) is 0 Å². The Balaban J connectivity index is 1.41. The number of hydrogen-bond acceptors (Lipinski definition) is 1. The van der Waals surface area contributed by atoms with E-state index in [1.54, 1.807) is 27.9 Å². The van der Waals surface area contributed by atoms with Crippen molar-refractivity contribution in [2.24, 2.45) is 0 Å². The van der Waals surface area contributed by atoms with E-state index in [1.165, 1.54) is 71.0 Å². The number of nitrogens with zero attached hydrogens (tertiary/aromatic N) is 1. The molecule has 0 amide bonds. The topological polar surface area (TPSA) is 3.24 Å². The first-order chi connectivity index (χ1) is 9.88. The summed E-state index contributed by atoms with van der Waals surface area (Å²) < 4.78 is 0. The van der Waals surface area contributed by atoms with Crippen LogP contribution in [-0.4, -0.2) is 24.5 Å². The van der Waals surface area contributed by atoms with E-state index < -0.39 is 0 Å². The van der Waals surface area contributed by atoms with Gasteiger partial charge < -0.3 is 4.90 Å². The normalized spacial score (nSPS) is 26.1. The molecule has 0 unspecified atom stereocenters. The second kappa shape index (κ2) is 5.37. The van der Waals surface area contributed by atoms with Crippen LogP contribution in [0.1, 0.15) is 51.4 Å². The van der Waals surface area contributed by atoms with Crippen LogP contribution in [0.5, 0.6) is 0 Å². The summed E-state index contributed by atoms with van der Waals surface area (Å²) in [5.74, 6) is 0. The Morgan fingerprint density at radius 3 is 2.75 bits per heavy atom. The molecule has 0 aromatic carbocycles. The first kappa shape index (κ1) is 12.6. The molecule has 0 radical (unpaired) electrons. The quantitative estimate of drug-likeness (QED) is 0.725. The molecule has 0 N–H and O–H groups in total. The molecule has 0 saturated carbocycles. The van der Waals surface area contributed by atoms with Crippen molar-refractivity contribution in [3.63, 3.8) is 0 Å². The average Bonchev–Trinajstić information content (AvgIpc) is 3.11. The zero-order chi connectivity index (χ0) is 13.4. The molecule has 20 heavy (non-hydrogen) atoms. The van der Waals surface area contributed by atoms with Gasteiger partial charge >= 0.3 is 0 Å². The molecule has 1 fully saturated rings. The summed E-state index contributed by atoms with van der Waals surface area (Å²) in [5.41, 5.74) is 8.21. The molecule has 0 spiro atoms. The smallest absolute Gasteiger partial charge is 0.00188 e. The van der Waals surface area contributed by atoms with Crippen LogP contribution >= 0.6 is 0 Å². The molecular formula is C19H25N. The number of rotatable bonds is 3. The van der Waals surface area contributed by atoms with Crippen molar-refractivity contribution in [2.45, 2.75) is 51.4 Å². The summed E-state index contributed by atoms with van der Waals surface area (Å²) >= 11 is 0. The molecular weight excluding hydrogens is 242 g/mol. The van der Waals surface area contributed by atoms with Gasteiger partial charge in [0.25, 0.3) is 0 Å². The lowest BCUT2D eigenvalue weighted by Gasteiger charge is -2.22. The van der Waals surface area contributed by atoms with Gasteiger partial charge in [-0.1, -0.05) is 29.4 Å². The molecule has 1 saturated heterocycles. The van der Waals surface area contributed by atoms with Gasteiger partial charge in [0, 0.05) is 6.54 Å². The summed E-state index contributed by atoms with van der Waals surface area (Å²) in [4.78, 5) is 2.64. The lowest BCUT2D eigenvalue weighted by molar-refractivity contribution is 0.342. The summed E-state index contributed by atoms with van der Waals surface area (Å²) in [5, 5.41) is 0. The molecule has 1 aliphatic heterocycles.